The smallest absolute Gasteiger partial charge is 0.344 e. The van der Waals surface area contributed by atoms with Gasteiger partial charge in [-0.05, 0) is 11.5 Å². The van der Waals surface area contributed by atoms with Crippen LogP contribution in [0.15, 0.2) is 36.4 Å². The number of amides is 2. The maximum absolute atomic E-state index is 14.4. The lowest BCUT2D eigenvalue weighted by atomic mass is 9.95. The molecular formula is C39H46N2O19. The molecule has 60 heavy (non-hydrogen) atoms. The quantitative estimate of drug-likeness (QED) is 0.196. The minimum atomic E-state index is -1.82. The van der Waals surface area contributed by atoms with Crippen LogP contribution in [0.1, 0.15) is 65.7 Å². The number of benzene rings is 2. The molecule has 4 rings (SSSR count). The second-order valence-electron chi connectivity index (χ2n) is 13.6. The molecule has 0 aliphatic carbocycles. The van der Waals surface area contributed by atoms with Gasteiger partial charge in [0.1, 0.15) is 48.8 Å². The van der Waals surface area contributed by atoms with E-state index in [1.165, 1.54) is 6.07 Å². The average Bonchev–Trinajstić information content (AvgIpc) is 3.13. The third kappa shape index (κ3) is 12.3. The van der Waals surface area contributed by atoms with Gasteiger partial charge in [-0.15, -0.1) is 0 Å². The highest BCUT2D eigenvalue weighted by molar-refractivity contribution is 6.01. The van der Waals surface area contributed by atoms with Crippen molar-refractivity contribution in [3.8, 4) is 5.75 Å². The summed E-state index contributed by atoms with van der Waals surface area (Å²) in [4.78, 5) is 113. The van der Waals surface area contributed by atoms with Crippen molar-refractivity contribution in [1.82, 2.24) is 10.6 Å². The molecule has 21 heteroatoms. The topological polar surface area (TPSA) is 270 Å². The Morgan fingerprint density at radius 2 is 0.950 bits per heavy atom. The van der Waals surface area contributed by atoms with E-state index in [0.717, 1.165) is 55.4 Å². The molecule has 0 spiro atoms. The molecule has 0 bridgehead atoms. The van der Waals surface area contributed by atoms with Crippen LogP contribution in [0.3, 0.4) is 0 Å². The van der Waals surface area contributed by atoms with E-state index in [1.54, 1.807) is 30.3 Å². The molecule has 0 aromatic heterocycles. The Hall–Kier alpha value is -6.35. The van der Waals surface area contributed by atoms with Gasteiger partial charge in [0, 0.05) is 60.8 Å². The van der Waals surface area contributed by atoms with Crippen LogP contribution in [0.25, 0.3) is 10.8 Å². The molecular weight excluding hydrogens is 800 g/mol. The van der Waals surface area contributed by atoms with E-state index in [0.29, 0.717) is 5.39 Å². The first-order valence-electron chi connectivity index (χ1n) is 18.5. The predicted molar refractivity (Wildman–Crippen MR) is 198 cm³/mol. The first-order chi connectivity index (χ1) is 28.2. The molecule has 2 heterocycles. The predicted octanol–water partition coefficient (Wildman–Crippen LogP) is 0.688. The van der Waals surface area contributed by atoms with Crippen molar-refractivity contribution in [3.63, 3.8) is 0 Å². The van der Waals surface area contributed by atoms with E-state index in [1.807, 2.05) is 0 Å². The number of nitrogens with one attached hydrogen (secondary N) is 2. The number of ether oxygens (including phenoxy) is 10. The number of fused-ring (bicyclic) bond motifs is 1. The van der Waals surface area contributed by atoms with E-state index in [4.69, 9.17) is 47.4 Å². The number of carbonyl (C=O) groups is 9. The summed E-state index contributed by atoms with van der Waals surface area (Å²) in [6.07, 6.45) is -12.3. The normalized spacial score (nSPS) is 25.9. The standard InChI is InChI=1S/C39H46N2O19/c1-17(42)40-30-35(55-23(7)48)33(53-21(5)46)28(15-51-19(3)44)57-38(30)59-32-26-12-10-9-11-25(26)13-14-27(32)37(50)60-39-31(41-18(2)43)36(56-24(8)49)34(54-22(6)47)29(58-39)16-52-20(4)45/h9-14,28-31,33-36,38-39H,15-16H2,1-8H3,(H,40,42)(H,41,43). The average molecular weight is 847 g/mol. The molecule has 2 N–H and O–H groups in total. The summed E-state index contributed by atoms with van der Waals surface area (Å²) in [6.45, 7) is 7.61. The zero-order valence-corrected chi connectivity index (χ0v) is 33.9. The zero-order chi connectivity index (χ0) is 44.4. The lowest BCUT2D eigenvalue weighted by Crippen LogP contribution is -2.67. The Balaban J connectivity index is 1.85. The highest BCUT2D eigenvalue weighted by Crippen LogP contribution is 2.36. The van der Waals surface area contributed by atoms with Gasteiger partial charge in [-0.25, -0.2) is 4.79 Å². The van der Waals surface area contributed by atoms with Gasteiger partial charge in [-0.2, -0.15) is 0 Å². The molecule has 10 atom stereocenters. The van der Waals surface area contributed by atoms with Crippen molar-refractivity contribution >= 4 is 64.4 Å². The second-order valence-corrected chi connectivity index (χ2v) is 13.6. The fraction of sp³-hybridized carbons (Fsp3) is 0.513. The molecule has 326 valence electrons. The summed E-state index contributed by atoms with van der Waals surface area (Å²) < 4.78 is 56.7. The van der Waals surface area contributed by atoms with Crippen LogP contribution in [-0.4, -0.2) is 128 Å². The van der Waals surface area contributed by atoms with Crippen molar-refractivity contribution in [3.05, 3.63) is 42.0 Å². The van der Waals surface area contributed by atoms with Crippen molar-refractivity contribution in [2.24, 2.45) is 0 Å². The van der Waals surface area contributed by atoms with Crippen molar-refractivity contribution < 1.29 is 90.5 Å². The summed E-state index contributed by atoms with van der Waals surface area (Å²) in [7, 11) is 0. The first-order valence-corrected chi connectivity index (χ1v) is 18.5. The Labute approximate surface area is 342 Å². The molecule has 0 radical (unpaired) electrons. The summed E-state index contributed by atoms with van der Waals surface area (Å²) >= 11 is 0. The van der Waals surface area contributed by atoms with Gasteiger partial charge in [-0.1, -0.05) is 30.3 Å². The fourth-order valence-electron chi connectivity index (χ4n) is 6.60. The number of hydrogen-bond acceptors (Lipinski definition) is 19. The second kappa shape index (κ2) is 20.6. The van der Waals surface area contributed by atoms with Gasteiger partial charge in [0.15, 0.2) is 24.4 Å². The molecule has 2 aliphatic heterocycles. The van der Waals surface area contributed by atoms with E-state index >= 15 is 0 Å². The Kier molecular flexibility index (Phi) is 15.9. The van der Waals surface area contributed by atoms with Gasteiger partial charge in [-0.3, -0.25) is 38.4 Å². The molecule has 2 saturated heterocycles. The van der Waals surface area contributed by atoms with Gasteiger partial charge < -0.3 is 58.0 Å². The van der Waals surface area contributed by atoms with Crippen LogP contribution >= 0.6 is 0 Å². The number of hydrogen-bond donors (Lipinski definition) is 2. The van der Waals surface area contributed by atoms with Crippen LogP contribution in [0.2, 0.25) is 0 Å². The van der Waals surface area contributed by atoms with E-state index in [9.17, 15) is 43.2 Å². The molecule has 10 unspecified atom stereocenters. The van der Waals surface area contributed by atoms with Crippen LogP contribution in [0.5, 0.6) is 5.75 Å². The third-order valence-corrected chi connectivity index (χ3v) is 8.70. The maximum atomic E-state index is 14.4. The minimum absolute atomic E-state index is 0.227. The minimum Gasteiger partial charge on any atom is -0.463 e. The lowest BCUT2D eigenvalue weighted by molar-refractivity contribution is -0.264. The van der Waals surface area contributed by atoms with Crippen molar-refractivity contribution in [2.45, 2.75) is 117 Å². The van der Waals surface area contributed by atoms with Gasteiger partial charge in [0.05, 0.1) is 0 Å². The fourth-order valence-corrected chi connectivity index (χ4v) is 6.60. The van der Waals surface area contributed by atoms with Crippen LogP contribution in [-0.2, 0) is 81.0 Å². The van der Waals surface area contributed by atoms with Gasteiger partial charge >= 0.3 is 41.8 Å². The van der Waals surface area contributed by atoms with E-state index in [2.05, 4.69) is 10.6 Å². The van der Waals surface area contributed by atoms with Gasteiger partial charge in [0.25, 0.3) is 0 Å². The Morgan fingerprint density at radius 1 is 0.517 bits per heavy atom. The van der Waals surface area contributed by atoms with Crippen LogP contribution < -0.4 is 15.4 Å². The lowest BCUT2D eigenvalue weighted by Gasteiger charge is -2.45. The Morgan fingerprint density at radius 3 is 1.40 bits per heavy atom. The molecule has 0 saturated carbocycles. The highest BCUT2D eigenvalue weighted by Gasteiger charge is 2.54. The van der Waals surface area contributed by atoms with E-state index < -0.39 is 128 Å². The van der Waals surface area contributed by atoms with Crippen LogP contribution in [0.4, 0.5) is 0 Å². The molecule has 2 aromatic carbocycles. The molecule has 2 amide bonds. The molecule has 21 nitrogen and oxygen atoms in total. The first kappa shape index (κ1) is 46.3. The third-order valence-electron chi connectivity index (χ3n) is 8.70. The largest absolute Gasteiger partial charge is 0.463 e. The maximum Gasteiger partial charge on any atom is 0.344 e. The van der Waals surface area contributed by atoms with Gasteiger partial charge in [0.2, 0.25) is 24.4 Å². The number of rotatable bonds is 14. The van der Waals surface area contributed by atoms with Crippen molar-refractivity contribution in [2.75, 3.05) is 13.2 Å². The molecule has 2 aliphatic rings. The van der Waals surface area contributed by atoms with Crippen molar-refractivity contribution in [1.29, 1.82) is 0 Å². The number of carbonyl (C=O) groups excluding carboxylic acids is 9. The SMILES string of the molecule is CC(=O)NC1C(OC(=O)c2ccc3ccccc3c2OC2OC(COC(C)=O)C(OC(C)=O)C(OC(C)=O)C2NC(C)=O)OC(COC(C)=O)C(OC(C)=O)C1OC(C)=O. The molecule has 2 fully saturated rings. The number of esters is 7. The monoisotopic (exact) mass is 846 g/mol. The highest BCUT2D eigenvalue weighted by atomic mass is 16.7. The summed E-state index contributed by atoms with van der Waals surface area (Å²) in [5.41, 5.74) is -0.311. The van der Waals surface area contributed by atoms with E-state index in [-0.39, 0.29) is 16.7 Å². The zero-order valence-electron chi connectivity index (χ0n) is 33.9. The Bertz CT molecular complexity index is 1980. The summed E-state index contributed by atoms with van der Waals surface area (Å²) in [5, 5.41) is 5.90. The summed E-state index contributed by atoms with van der Waals surface area (Å²) in [6, 6.07) is 6.47. The van der Waals surface area contributed by atoms with Crippen LogP contribution in [0, 0.1) is 0 Å². The molecule has 2 aromatic rings. The summed E-state index contributed by atoms with van der Waals surface area (Å²) in [5.74, 6) is -7.68.